The van der Waals surface area contributed by atoms with Gasteiger partial charge < -0.3 is 10.3 Å². The van der Waals surface area contributed by atoms with Gasteiger partial charge in [0.1, 0.15) is 6.17 Å². The van der Waals surface area contributed by atoms with Crippen LogP contribution in [0.4, 0.5) is 0 Å². The van der Waals surface area contributed by atoms with Gasteiger partial charge in [0.15, 0.2) is 0 Å². The van der Waals surface area contributed by atoms with E-state index in [1.165, 1.54) is 60.8 Å². The van der Waals surface area contributed by atoms with Crippen molar-refractivity contribution >= 4 is 21.8 Å². The number of hydrogen-bond donors (Lipinski definition) is 2. The monoisotopic (exact) mass is 612 g/mol. The van der Waals surface area contributed by atoms with Gasteiger partial charge in [0.05, 0.1) is 23.4 Å². The number of allylic oxidation sites excluding steroid dienone is 3. The van der Waals surface area contributed by atoms with Crippen molar-refractivity contribution < 1.29 is 0 Å². The van der Waals surface area contributed by atoms with Crippen molar-refractivity contribution in [2.24, 2.45) is 11.7 Å². The molecule has 4 heteroatoms. The number of nitrogens with one attached hydrogen (secondary N) is 1. The van der Waals surface area contributed by atoms with E-state index in [4.69, 9.17) is 5.73 Å². The molecule has 5 aromatic carbocycles. The van der Waals surface area contributed by atoms with Gasteiger partial charge in [0, 0.05) is 28.7 Å². The summed E-state index contributed by atoms with van der Waals surface area (Å²) in [6.45, 7) is 5.69. The molecule has 1 saturated heterocycles. The molecule has 47 heavy (non-hydrogen) atoms. The maximum absolute atomic E-state index is 6.87. The van der Waals surface area contributed by atoms with Crippen LogP contribution in [0.3, 0.4) is 0 Å². The normalized spacial score (nSPS) is 21.9. The predicted octanol–water partition coefficient (Wildman–Crippen LogP) is 9.29. The molecule has 0 amide bonds. The lowest BCUT2D eigenvalue weighted by molar-refractivity contribution is 0.247. The lowest BCUT2D eigenvalue weighted by Gasteiger charge is -2.30. The van der Waals surface area contributed by atoms with E-state index in [1.54, 1.807) is 0 Å². The molecule has 5 unspecified atom stereocenters. The highest BCUT2D eigenvalue weighted by molar-refractivity contribution is 6.12. The van der Waals surface area contributed by atoms with Crippen LogP contribution in [-0.2, 0) is 5.41 Å². The molecular formula is C43H40N4. The highest BCUT2D eigenvalue weighted by Gasteiger charge is 2.44. The summed E-state index contributed by atoms with van der Waals surface area (Å²) in [5.74, 6) is 0.265. The van der Waals surface area contributed by atoms with E-state index in [2.05, 4.69) is 168 Å². The zero-order valence-electron chi connectivity index (χ0n) is 27.0. The Bertz CT molecular complexity index is 2190. The van der Waals surface area contributed by atoms with Gasteiger partial charge in [-0.2, -0.15) is 0 Å². The van der Waals surface area contributed by atoms with Crippen LogP contribution in [0.25, 0.3) is 44.1 Å². The maximum atomic E-state index is 6.87. The van der Waals surface area contributed by atoms with E-state index in [-0.39, 0.29) is 29.8 Å². The third-order valence-electron chi connectivity index (χ3n) is 10.8. The Morgan fingerprint density at radius 3 is 2.26 bits per heavy atom. The Morgan fingerprint density at radius 2 is 1.47 bits per heavy atom. The number of nitrogens with zero attached hydrogens (tertiary/aromatic N) is 2. The first kappa shape index (κ1) is 28.5. The van der Waals surface area contributed by atoms with E-state index in [0.717, 1.165) is 13.0 Å². The Hall–Kier alpha value is -4.74. The Kier molecular flexibility index (Phi) is 6.62. The molecule has 2 heterocycles. The van der Waals surface area contributed by atoms with Crippen molar-refractivity contribution in [1.82, 2.24) is 14.8 Å². The van der Waals surface area contributed by atoms with Crippen molar-refractivity contribution in [3.8, 4) is 22.3 Å². The second-order valence-corrected chi connectivity index (χ2v) is 13.9. The second-order valence-electron chi connectivity index (χ2n) is 13.9. The number of fused-ring (bicyclic) bond motifs is 6. The minimum absolute atomic E-state index is 0.00159. The number of nitrogens with two attached hydrogens (primary N) is 1. The summed E-state index contributed by atoms with van der Waals surface area (Å²) >= 11 is 0. The van der Waals surface area contributed by atoms with Gasteiger partial charge in [0.2, 0.25) is 0 Å². The van der Waals surface area contributed by atoms with Gasteiger partial charge in [0.25, 0.3) is 0 Å². The van der Waals surface area contributed by atoms with Crippen LogP contribution in [0.15, 0.2) is 140 Å². The zero-order valence-corrected chi connectivity index (χ0v) is 27.0. The van der Waals surface area contributed by atoms with Crippen molar-refractivity contribution in [2.75, 3.05) is 6.54 Å². The molecule has 5 atom stereocenters. The van der Waals surface area contributed by atoms with Crippen molar-refractivity contribution in [3.05, 3.63) is 156 Å². The van der Waals surface area contributed by atoms with E-state index >= 15 is 0 Å². The van der Waals surface area contributed by atoms with Gasteiger partial charge in [-0.25, -0.2) is 0 Å². The highest BCUT2D eigenvalue weighted by Crippen LogP contribution is 2.52. The van der Waals surface area contributed by atoms with Crippen LogP contribution in [0.1, 0.15) is 49.3 Å². The molecule has 3 aliphatic rings. The van der Waals surface area contributed by atoms with Gasteiger partial charge in [-0.15, -0.1) is 0 Å². The first-order chi connectivity index (χ1) is 23.0. The molecule has 232 valence electrons. The lowest BCUT2D eigenvalue weighted by atomic mass is 9.82. The molecule has 1 aromatic heterocycles. The van der Waals surface area contributed by atoms with Gasteiger partial charge in [-0.3, -0.25) is 10.2 Å². The van der Waals surface area contributed by atoms with Crippen LogP contribution in [0, 0.1) is 5.92 Å². The number of aromatic nitrogens is 1. The Labute approximate surface area is 276 Å². The molecule has 3 N–H and O–H groups in total. The Balaban J connectivity index is 1.19. The Morgan fingerprint density at radius 1 is 0.723 bits per heavy atom. The molecule has 0 bridgehead atoms. The van der Waals surface area contributed by atoms with Crippen LogP contribution in [0.2, 0.25) is 0 Å². The van der Waals surface area contributed by atoms with Crippen LogP contribution in [-0.4, -0.2) is 22.2 Å². The molecular weight excluding hydrogens is 573 g/mol. The summed E-state index contributed by atoms with van der Waals surface area (Å²) < 4.78 is 2.60. The fourth-order valence-electron chi connectivity index (χ4n) is 8.21. The average Bonchev–Trinajstić information content (AvgIpc) is 3.79. The smallest absolute Gasteiger partial charge is 0.102 e. The maximum Gasteiger partial charge on any atom is 0.102 e. The minimum atomic E-state index is -0.156. The van der Waals surface area contributed by atoms with E-state index < -0.39 is 0 Å². The summed E-state index contributed by atoms with van der Waals surface area (Å²) in [5.41, 5.74) is 18.6. The summed E-state index contributed by atoms with van der Waals surface area (Å²) in [7, 11) is 0. The molecule has 1 fully saturated rings. The van der Waals surface area contributed by atoms with Crippen LogP contribution < -0.4 is 11.1 Å². The largest absolute Gasteiger partial charge is 0.323 e. The van der Waals surface area contributed by atoms with Crippen LogP contribution >= 0.6 is 0 Å². The minimum Gasteiger partial charge on any atom is -0.323 e. The molecule has 0 saturated carbocycles. The van der Waals surface area contributed by atoms with Gasteiger partial charge >= 0.3 is 0 Å². The van der Waals surface area contributed by atoms with Crippen molar-refractivity contribution in [1.29, 1.82) is 0 Å². The summed E-state index contributed by atoms with van der Waals surface area (Å²) in [6, 6.07) is 42.5. The molecule has 4 nitrogen and oxygen atoms in total. The molecule has 1 aliphatic heterocycles. The average molecular weight is 613 g/mol. The second kappa shape index (κ2) is 10.9. The number of benzene rings is 5. The first-order valence-corrected chi connectivity index (χ1v) is 16.9. The summed E-state index contributed by atoms with van der Waals surface area (Å²) in [4.78, 5) is 2.56. The molecule has 9 rings (SSSR count). The van der Waals surface area contributed by atoms with Gasteiger partial charge in [-0.1, -0.05) is 129 Å². The SMILES string of the molecule is CC1(C)c2ccccc2-c2cc3c4cc(-c5ccccc5)ccc4n(C4CN4C(NC(N)C4C=CC=CC4)c4ccccc4)c3cc21. The molecule has 0 radical (unpaired) electrons. The van der Waals surface area contributed by atoms with E-state index in [9.17, 15) is 0 Å². The fourth-order valence-corrected chi connectivity index (χ4v) is 8.21. The van der Waals surface area contributed by atoms with Crippen LogP contribution in [0.5, 0.6) is 0 Å². The van der Waals surface area contributed by atoms with Crippen molar-refractivity contribution in [3.63, 3.8) is 0 Å². The van der Waals surface area contributed by atoms with E-state index in [0.29, 0.717) is 0 Å². The van der Waals surface area contributed by atoms with Crippen molar-refractivity contribution in [2.45, 2.75) is 44.2 Å². The zero-order chi connectivity index (χ0) is 31.7. The third-order valence-corrected chi connectivity index (χ3v) is 10.8. The topological polar surface area (TPSA) is 46.0 Å². The number of rotatable bonds is 7. The van der Waals surface area contributed by atoms with Gasteiger partial charge in [-0.05, 0) is 69.6 Å². The lowest BCUT2D eigenvalue weighted by Crippen LogP contribution is -2.47. The van der Waals surface area contributed by atoms with E-state index in [1.807, 2.05) is 0 Å². The first-order valence-electron chi connectivity index (χ1n) is 16.9. The predicted molar refractivity (Wildman–Crippen MR) is 195 cm³/mol. The summed E-state index contributed by atoms with van der Waals surface area (Å²) in [6.07, 6.45) is 9.68. The quantitative estimate of drug-likeness (QED) is 0.140. The molecule has 0 spiro atoms. The highest BCUT2D eigenvalue weighted by atomic mass is 15.5. The molecule has 2 aliphatic carbocycles. The fraction of sp³-hybridized carbons (Fsp3) is 0.209. The molecule has 6 aromatic rings. The number of hydrogen-bond acceptors (Lipinski definition) is 3. The summed E-state index contributed by atoms with van der Waals surface area (Å²) in [5, 5.41) is 6.48. The third kappa shape index (κ3) is 4.63. The standard InChI is InChI=1S/C43H40N4/c1-43(2)36-21-13-12-20-32(36)33-25-35-34-24-31(28-14-6-3-7-15-28)22-23-38(34)47(39(35)26-37(33)43)40-27-46(40)42(30-18-10-5-11-19-30)45-41(44)29-16-8-4-9-17-29/h3-16,18-26,29,40-42,45H,17,27,44H2,1-2H3.